The van der Waals surface area contributed by atoms with Crippen molar-refractivity contribution in [2.45, 2.75) is 0 Å². The third-order valence-corrected chi connectivity index (χ3v) is 12.6. The maximum atomic E-state index is 2.55. The van der Waals surface area contributed by atoms with Gasteiger partial charge in [-0.25, -0.2) is 0 Å². The van der Waals surface area contributed by atoms with Crippen LogP contribution in [-0.4, -0.2) is 8.80 Å². The van der Waals surface area contributed by atoms with Crippen LogP contribution in [-0.2, 0) is 0 Å². The molecular formula is C56H35N3. The van der Waals surface area contributed by atoms with E-state index in [0.29, 0.717) is 0 Å². The van der Waals surface area contributed by atoms with Crippen LogP contribution in [0.5, 0.6) is 0 Å². The molecule has 3 nitrogen and oxygen atoms in total. The van der Waals surface area contributed by atoms with E-state index in [0.717, 1.165) is 17.1 Å². The molecule has 3 heterocycles. The Morgan fingerprint density at radius 1 is 0.271 bits per heavy atom. The normalized spacial score (nSPS) is 12.1. The Morgan fingerprint density at radius 2 is 0.729 bits per heavy atom. The predicted molar refractivity (Wildman–Crippen MR) is 251 cm³/mol. The van der Waals surface area contributed by atoms with Gasteiger partial charge < -0.3 is 13.7 Å². The number of hydrogen-bond donors (Lipinski definition) is 0. The van der Waals surface area contributed by atoms with Gasteiger partial charge in [0, 0.05) is 49.4 Å². The molecule has 0 aliphatic carbocycles. The molecule has 0 spiro atoms. The highest BCUT2D eigenvalue weighted by Crippen LogP contribution is 2.47. The van der Waals surface area contributed by atoms with Crippen LogP contribution in [0.2, 0.25) is 0 Å². The van der Waals surface area contributed by atoms with Crippen molar-refractivity contribution >= 4 is 104 Å². The van der Waals surface area contributed by atoms with Crippen molar-refractivity contribution in [3.63, 3.8) is 0 Å². The van der Waals surface area contributed by atoms with Crippen LogP contribution in [0.1, 0.15) is 0 Å². The lowest BCUT2D eigenvalue weighted by Gasteiger charge is -2.26. The number of benzene rings is 10. The summed E-state index contributed by atoms with van der Waals surface area (Å²) in [6.07, 6.45) is 0. The Morgan fingerprint density at radius 3 is 1.37 bits per heavy atom. The first-order valence-electron chi connectivity index (χ1n) is 20.4. The fourth-order valence-electron chi connectivity index (χ4n) is 10.1. The second-order valence-corrected chi connectivity index (χ2v) is 15.7. The molecule has 0 N–H and O–H groups in total. The lowest BCUT2D eigenvalue weighted by molar-refractivity contribution is 1.28. The molecule has 0 bridgehead atoms. The van der Waals surface area contributed by atoms with Gasteiger partial charge in [0.15, 0.2) is 0 Å². The zero-order chi connectivity index (χ0) is 38.6. The van der Waals surface area contributed by atoms with Crippen molar-refractivity contribution < 1.29 is 0 Å². The van der Waals surface area contributed by atoms with E-state index in [-0.39, 0.29) is 0 Å². The first kappa shape index (κ1) is 32.2. The Bertz CT molecular complexity index is 3830. The highest BCUT2D eigenvalue weighted by Gasteiger charge is 2.24. The number of nitrogens with zero attached hydrogens (tertiary/aromatic N) is 3. The second-order valence-electron chi connectivity index (χ2n) is 15.7. The quantitative estimate of drug-likeness (QED) is 0.174. The molecule has 0 saturated carbocycles. The van der Waals surface area contributed by atoms with Crippen molar-refractivity contribution in [2.24, 2.45) is 0 Å². The number of para-hydroxylation sites is 4. The molecule has 13 aromatic rings. The summed E-state index contributed by atoms with van der Waals surface area (Å²) >= 11 is 0. The molecule has 0 amide bonds. The lowest BCUT2D eigenvalue weighted by atomic mass is 9.98. The Hall–Kier alpha value is -7.88. The Balaban J connectivity index is 1.15. The maximum absolute atomic E-state index is 2.55. The van der Waals surface area contributed by atoms with E-state index in [2.05, 4.69) is 226 Å². The summed E-state index contributed by atoms with van der Waals surface area (Å²) in [7, 11) is 0. The first-order chi connectivity index (χ1) is 29.3. The summed E-state index contributed by atoms with van der Waals surface area (Å²) in [6, 6.07) is 78.0. The summed E-state index contributed by atoms with van der Waals surface area (Å²) in [5.41, 5.74) is 12.9. The van der Waals surface area contributed by atoms with Gasteiger partial charge >= 0.3 is 0 Å². The number of rotatable bonds is 4. The molecule has 0 atom stereocenters. The van der Waals surface area contributed by atoms with Crippen molar-refractivity contribution in [2.75, 3.05) is 4.90 Å². The topological polar surface area (TPSA) is 12.1 Å². The van der Waals surface area contributed by atoms with Crippen molar-refractivity contribution in [1.82, 2.24) is 8.80 Å². The average molecular weight is 750 g/mol. The van der Waals surface area contributed by atoms with Gasteiger partial charge in [-0.05, 0) is 99.4 Å². The van der Waals surface area contributed by atoms with Gasteiger partial charge in [-0.1, -0.05) is 146 Å². The molecule has 0 aliphatic heterocycles. The van der Waals surface area contributed by atoms with Crippen molar-refractivity contribution in [1.29, 1.82) is 0 Å². The lowest BCUT2D eigenvalue weighted by Crippen LogP contribution is -2.10. The predicted octanol–water partition coefficient (Wildman–Crippen LogP) is 15.4. The highest BCUT2D eigenvalue weighted by atomic mass is 15.1. The van der Waals surface area contributed by atoms with Crippen LogP contribution in [0.25, 0.3) is 98.1 Å². The minimum Gasteiger partial charge on any atom is -0.310 e. The fourth-order valence-corrected chi connectivity index (χ4v) is 10.1. The summed E-state index contributed by atoms with van der Waals surface area (Å²) in [4.78, 5) is 2.39. The van der Waals surface area contributed by atoms with E-state index in [4.69, 9.17) is 0 Å². The van der Waals surface area contributed by atoms with Gasteiger partial charge in [-0.15, -0.1) is 0 Å². The first-order valence-corrected chi connectivity index (χ1v) is 20.4. The summed E-state index contributed by atoms with van der Waals surface area (Å²) in [5, 5.41) is 12.5. The molecular weight excluding hydrogens is 715 g/mol. The summed E-state index contributed by atoms with van der Waals surface area (Å²) < 4.78 is 5.09. The van der Waals surface area contributed by atoms with E-state index < -0.39 is 0 Å². The van der Waals surface area contributed by atoms with Crippen molar-refractivity contribution in [3.8, 4) is 11.1 Å². The molecule has 0 aliphatic rings. The monoisotopic (exact) mass is 749 g/mol. The van der Waals surface area contributed by atoms with E-state index >= 15 is 0 Å². The van der Waals surface area contributed by atoms with Crippen LogP contribution in [0, 0.1) is 0 Å². The van der Waals surface area contributed by atoms with Gasteiger partial charge in [0.1, 0.15) is 0 Å². The number of aromatic nitrogens is 2. The zero-order valence-corrected chi connectivity index (χ0v) is 32.0. The zero-order valence-electron chi connectivity index (χ0n) is 32.0. The molecule has 0 saturated heterocycles. The van der Waals surface area contributed by atoms with Crippen molar-refractivity contribution in [3.05, 3.63) is 212 Å². The molecule has 274 valence electrons. The number of hydrogen-bond acceptors (Lipinski definition) is 1. The minimum absolute atomic E-state index is 1.10. The van der Waals surface area contributed by atoms with Crippen LogP contribution in [0.15, 0.2) is 212 Å². The SMILES string of the molecule is c1ccc(N(c2ccc(-c3ccc4ccccc4c3)cc2)c2ccc3c(c2)c2ccccc2n2c4ccccc4c4c5ccccc5c5c6ccccc6n3c5c42)cc1. The summed E-state index contributed by atoms with van der Waals surface area (Å²) in [5.74, 6) is 0. The van der Waals surface area contributed by atoms with Crippen LogP contribution in [0.4, 0.5) is 17.1 Å². The average Bonchev–Trinajstić information content (AvgIpc) is 3.83. The van der Waals surface area contributed by atoms with Gasteiger partial charge in [-0.3, -0.25) is 0 Å². The molecule has 0 fully saturated rings. The molecule has 3 aromatic heterocycles. The fraction of sp³-hybridized carbons (Fsp3) is 0. The molecule has 0 radical (unpaired) electrons. The summed E-state index contributed by atoms with van der Waals surface area (Å²) in [6.45, 7) is 0. The highest BCUT2D eigenvalue weighted by molar-refractivity contribution is 6.37. The standard InChI is InChI=1S/C56H35N3/c1-2-16-40(17-3-1)57(41-30-28-37(29-31-41)39-27-26-36-14-4-5-15-38(36)34-39)42-32-33-52-48(35-42)43-18-8-11-23-49(43)58-50-24-12-9-21-46(50)53-44-19-6-7-20-45(44)54-47-22-10-13-25-51(47)59(52)56(54)55(53)58/h1-35H. The van der Waals surface area contributed by atoms with Crippen LogP contribution >= 0.6 is 0 Å². The third-order valence-electron chi connectivity index (χ3n) is 12.6. The van der Waals surface area contributed by atoms with E-state index in [1.54, 1.807) is 0 Å². The number of anilines is 3. The van der Waals surface area contributed by atoms with E-state index in [9.17, 15) is 0 Å². The van der Waals surface area contributed by atoms with Crippen LogP contribution < -0.4 is 4.90 Å². The minimum atomic E-state index is 1.10. The van der Waals surface area contributed by atoms with Gasteiger partial charge in [0.05, 0.1) is 33.1 Å². The van der Waals surface area contributed by atoms with E-state index in [1.807, 2.05) is 0 Å². The Kier molecular flexibility index (Phi) is 6.72. The van der Waals surface area contributed by atoms with Gasteiger partial charge in [0.2, 0.25) is 0 Å². The molecule has 0 unspecified atom stereocenters. The smallest absolute Gasteiger partial charge is 0.0795 e. The Labute approximate surface area is 339 Å². The van der Waals surface area contributed by atoms with E-state index in [1.165, 1.54) is 98.1 Å². The molecule has 13 rings (SSSR count). The molecule has 10 aromatic carbocycles. The number of fused-ring (bicyclic) bond motifs is 15. The second kappa shape index (κ2) is 12.3. The van der Waals surface area contributed by atoms with Gasteiger partial charge in [0.25, 0.3) is 0 Å². The third kappa shape index (κ3) is 4.58. The van der Waals surface area contributed by atoms with Gasteiger partial charge in [-0.2, -0.15) is 0 Å². The molecule has 3 heteroatoms. The maximum Gasteiger partial charge on any atom is 0.0795 e. The van der Waals surface area contributed by atoms with Crippen LogP contribution in [0.3, 0.4) is 0 Å². The molecule has 59 heavy (non-hydrogen) atoms. The largest absolute Gasteiger partial charge is 0.310 e.